The fourth-order valence-corrected chi connectivity index (χ4v) is 2.63. The lowest BCUT2D eigenvalue weighted by Gasteiger charge is -2.06. The average Bonchev–Trinajstić information content (AvgIpc) is 2.69. The lowest BCUT2D eigenvalue weighted by atomic mass is 10.1. The number of ether oxygens (including phenoxy) is 1. The number of benzene rings is 1. The van der Waals surface area contributed by atoms with E-state index in [9.17, 15) is 9.90 Å². The van der Waals surface area contributed by atoms with Crippen molar-refractivity contribution in [2.24, 2.45) is 4.99 Å². The molecule has 0 aromatic heterocycles. The second kappa shape index (κ2) is 5.36. The Bertz CT molecular complexity index is 581. The molecule has 1 fully saturated rings. The highest BCUT2D eigenvalue weighted by Crippen LogP contribution is 2.35. The van der Waals surface area contributed by atoms with E-state index in [1.54, 1.807) is 38.4 Å². The van der Waals surface area contributed by atoms with Crippen molar-refractivity contribution < 1.29 is 14.6 Å². The smallest absolute Gasteiger partial charge is 0.266 e. The quantitative estimate of drug-likeness (QED) is 0.840. The molecule has 1 aliphatic rings. The van der Waals surface area contributed by atoms with Crippen LogP contribution in [0.5, 0.6) is 11.5 Å². The van der Waals surface area contributed by atoms with Gasteiger partial charge in [-0.15, -0.1) is 0 Å². The number of thioether (sulfide) groups is 1. The van der Waals surface area contributed by atoms with E-state index in [2.05, 4.69) is 4.99 Å². The van der Waals surface area contributed by atoms with Gasteiger partial charge in [0, 0.05) is 19.7 Å². The number of phenols is 1. The summed E-state index contributed by atoms with van der Waals surface area (Å²) in [6, 6.07) is 5.14. The van der Waals surface area contributed by atoms with Crippen molar-refractivity contribution in [2.75, 3.05) is 21.2 Å². The largest absolute Gasteiger partial charge is 0.504 e. The molecule has 1 aliphatic heterocycles. The number of para-hydroxylation sites is 1. The summed E-state index contributed by atoms with van der Waals surface area (Å²) < 4.78 is 5.04. The van der Waals surface area contributed by atoms with Crippen LogP contribution in [0.15, 0.2) is 28.1 Å². The van der Waals surface area contributed by atoms with Gasteiger partial charge < -0.3 is 9.84 Å². The van der Waals surface area contributed by atoms with E-state index in [0.29, 0.717) is 21.4 Å². The Hall–Kier alpha value is -1.95. The molecule has 0 unspecified atom stereocenters. The van der Waals surface area contributed by atoms with Gasteiger partial charge >= 0.3 is 0 Å². The van der Waals surface area contributed by atoms with Crippen molar-refractivity contribution in [1.29, 1.82) is 0 Å². The minimum atomic E-state index is -0.132. The van der Waals surface area contributed by atoms with Crippen LogP contribution in [0.3, 0.4) is 0 Å². The van der Waals surface area contributed by atoms with Crippen LogP contribution in [0.25, 0.3) is 6.08 Å². The Kier molecular flexibility index (Phi) is 3.80. The van der Waals surface area contributed by atoms with Crippen LogP contribution in [0.2, 0.25) is 0 Å². The van der Waals surface area contributed by atoms with Crippen molar-refractivity contribution in [3.05, 3.63) is 28.7 Å². The number of aromatic hydroxyl groups is 1. The summed E-state index contributed by atoms with van der Waals surface area (Å²) in [5.41, 5.74) is 0.543. The first-order valence-electron chi connectivity index (χ1n) is 5.58. The fourth-order valence-electron chi connectivity index (χ4n) is 1.71. The van der Waals surface area contributed by atoms with E-state index in [4.69, 9.17) is 4.74 Å². The van der Waals surface area contributed by atoms with E-state index in [-0.39, 0.29) is 11.7 Å². The van der Waals surface area contributed by atoms with Gasteiger partial charge in [-0.3, -0.25) is 14.7 Å². The molecule has 0 aliphatic carbocycles. The Balaban J connectivity index is 2.40. The Morgan fingerprint density at radius 2 is 2.21 bits per heavy atom. The van der Waals surface area contributed by atoms with Gasteiger partial charge in [-0.05, 0) is 23.9 Å². The third kappa shape index (κ3) is 2.44. The van der Waals surface area contributed by atoms with E-state index < -0.39 is 0 Å². The SMILES string of the molecule is CN=C1S/C(=C\c2cccc(OC)c2O)C(=O)N1C. The molecule has 1 amide bonds. The van der Waals surface area contributed by atoms with E-state index >= 15 is 0 Å². The van der Waals surface area contributed by atoms with Gasteiger partial charge in [0.1, 0.15) is 0 Å². The number of amides is 1. The second-order valence-corrected chi connectivity index (χ2v) is 4.89. The zero-order valence-electron chi connectivity index (χ0n) is 10.9. The molecule has 1 saturated heterocycles. The molecule has 0 bridgehead atoms. The van der Waals surface area contributed by atoms with E-state index in [1.807, 2.05) is 0 Å². The number of hydrogen-bond acceptors (Lipinski definition) is 5. The van der Waals surface area contributed by atoms with Crippen molar-refractivity contribution in [1.82, 2.24) is 4.90 Å². The first-order chi connectivity index (χ1) is 9.08. The van der Waals surface area contributed by atoms with Crippen molar-refractivity contribution in [3.8, 4) is 11.5 Å². The predicted molar refractivity (Wildman–Crippen MR) is 76.4 cm³/mol. The van der Waals surface area contributed by atoms with Gasteiger partial charge in [-0.25, -0.2) is 0 Å². The predicted octanol–water partition coefficient (Wildman–Crippen LogP) is 1.93. The number of rotatable bonds is 2. The number of carbonyl (C=O) groups excluding carboxylic acids is 1. The highest BCUT2D eigenvalue weighted by atomic mass is 32.2. The van der Waals surface area contributed by atoms with Crippen LogP contribution >= 0.6 is 11.8 Å². The molecule has 1 aromatic rings. The standard InChI is InChI=1S/C13H14N2O3S/c1-14-13-15(2)12(17)10(19-13)7-8-5-4-6-9(18-3)11(8)16/h4-7,16H,1-3H3/b10-7-,14-13?. The third-order valence-corrected chi connectivity index (χ3v) is 3.88. The van der Waals surface area contributed by atoms with Gasteiger partial charge in [-0.2, -0.15) is 0 Å². The number of amidine groups is 1. The summed E-state index contributed by atoms with van der Waals surface area (Å²) in [7, 11) is 4.79. The Morgan fingerprint density at radius 3 is 2.79 bits per heavy atom. The van der Waals surface area contributed by atoms with Crippen LogP contribution in [0, 0.1) is 0 Å². The van der Waals surface area contributed by atoms with E-state index in [0.717, 1.165) is 0 Å². The third-order valence-electron chi connectivity index (χ3n) is 2.73. The number of phenolic OH excluding ortho intramolecular Hbond substituents is 1. The highest BCUT2D eigenvalue weighted by molar-refractivity contribution is 8.18. The van der Waals surface area contributed by atoms with Crippen molar-refractivity contribution in [2.45, 2.75) is 0 Å². The molecule has 2 rings (SSSR count). The summed E-state index contributed by atoms with van der Waals surface area (Å²) in [6.45, 7) is 0. The lowest BCUT2D eigenvalue weighted by molar-refractivity contribution is -0.121. The topological polar surface area (TPSA) is 62.1 Å². The second-order valence-electron chi connectivity index (χ2n) is 3.88. The highest BCUT2D eigenvalue weighted by Gasteiger charge is 2.29. The molecule has 19 heavy (non-hydrogen) atoms. The Labute approximate surface area is 115 Å². The van der Waals surface area contributed by atoms with Gasteiger partial charge in [0.25, 0.3) is 5.91 Å². The van der Waals surface area contributed by atoms with Crippen molar-refractivity contribution >= 4 is 28.9 Å². The van der Waals surface area contributed by atoms with Crippen LogP contribution < -0.4 is 4.74 Å². The maximum Gasteiger partial charge on any atom is 0.266 e. The zero-order valence-corrected chi connectivity index (χ0v) is 11.7. The summed E-state index contributed by atoms with van der Waals surface area (Å²) in [5, 5.41) is 10.6. The molecule has 6 heteroatoms. The monoisotopic (exact) mass is 278 g/mol. The number of carbonyl (C=O) groups is 1. The summed E-state index contributed by atoms with van der Waals surface area (Å²) >= 11 is 1.28. The number of aliphatic imine (C=N–C) groups is 1. The molecule has 0 radical (unpaired) electrons. The van der Waals surface area contributed by atoms with Gasteiger partial charge in [0.15, 0.2) is 16.7 Å². The first kappa shape index (κ1) is 13.5. The minimum Gasteiger partial charge on any atom is -0.504 e. The number of likely N-dealkylation sites (N-methyl/N-ethyl adjacent to an activating group) is 1. The molecule has 0 atom stereocenters. The zero-order chi connectivity index (χ0) is 14.0. The lowest BCUT2D eigenvalue weighted by Crippen LogP contribution is -2.23. The molecule has 0 spiro atoms. The van der Waals surface area contributed by atoms with Crippen LogP contribution in [-0.2, 0) is 4.79 Å². The van der Waals surface area contributed by atoms with Crippen LogP contribution in [-0.4, -0.2) is 42.3 Å². The van der Waals surface area contributed by atoms with E-state index in [1.165, 1.54) is 23.8 Å². The first-order valence-corrected chi connectivity index (χ1v) is 6.40. The van der Waals surface area contributed by atoms with Crippen molar-refractivity contribution in [3.63, 3.8) is 0 Å². The maximum absolute atomic E-state index is 12.0. The maximum atomic E-state index is 12.0. The molecule has 100 valence electrons. The molecule has 1 aromatic carbocycles. The summed E-state index contributed by atoms with van der Waals surface area (Å²) in [6.07, 6.45) is 1.64. The molecule has 1 heterocycles. The summed E-state index contributed by atoms with van der Waals surface area (Å²) in [5.74, 6) is 0.269. The van der Waals surface area contributed by atoms with Gasteiger partial charge in [-0.1, -0.05) is 12.1 Å². The number of nitrogens with zero attached hydrogens (tertiary/aromatic N) is 2. The number of methoxy groups -OCH3 is 1. The van der Waals surface area contributed by atoms with Gasteiger partial charge in [0.05, 0.1) is 12.0 Å². The normalized spacial score (nSPS) is 19.5. The minimum absolute atomic E-state index is 0.0236. The molecule has 5 nitrogen and oxygen atoms in total. The van der Waals surface area contributed by atoms with Crippen LogP contribution in [0.4, 0.5) is 0 Å². The van der Waals surface area contributed by atoms with Gasteiger partial charge in [0.2, 0.25) is 0 Å². The average molecular weight is 278 g/mol. The van der Waals surface area contributed by atoms with Crippen LogP contribution in [0.1, 0.15) is 5.56 Å². The molecular formula is C13H14N2O3S. The molecule has 1 N–H and O–H groups in total. The number of hydrogen-bond donors (Lipinski definition) is 1. The molecular weight excluding hydrogens is 264 g/mol. The Morgan fingerprint density at radius 1 is 1.47 bits per heavy atom. The molecule has 0 saturated carbocycles. The summed E-state index contributed by atoms with van der Waals surface area (Å²) in [4.78, 5) is 18.0. The fraction of sp³-hybridized carbons (Fsp3) is 0.231.